The van der Waals surface area contributed by atoms with E-state index in [1.165, 1.54) is 36.8 Å². The van der Waals surface area contributed by atoms with Gasteiger partial charge in [0.2, 0.25) is 0 Å². The maximum absolute atomic E-state index is 11.9. The Balaban J connectivity index is 1.66. The van der Waals surface area contributed by atoms with Gasteiger partial charge in [-0.15, -0.1) is 0 Å². The lowest BCUT2D eigenvalue weighted by atomic mass is 9.52. The molecule has 0 aromatic carbocycles. The largest absolute Gasteiger partial charge is 0.293 e. The zero-order valence-electron chi connectivity index (χ0n) is 13.8. The summed E-state index contributed by atoms with van der Waals surface area (Å²) in [5.74, 6) is 2.90. The molecule has 0 aromatic rings. The van der Waals surface area contributed by atoms with Crippen LogP contribution in [0.1, 0.15) is 58.3 Å². The van der Waals surface area contributed by atoms with Crippen LogP contribution in [-0.4, -0.2) is 5.78 Å². The fourth-order valence-electron chi connectivity index (χ4n) is 6.40. The van der Waals surface area contributed by atoms with Crippen molar-refractivity contribution in [2.75, 3.05) is 0 Å². The van der Waals surface area contributed by atoms with E-state index >= 15 is 0 Å². The van der Waals surface area contributed by atoms with Gasteiger partial charge in [-0.25, -0.2) is 0 Å². The molecule has 0 radical (unpaired) electrons. The van der Waals surface area contributed by atoms with Crippen molar-refractivity contribution in [2.24, 2.45) is 29.1 Å². The van der Waals surface area contributed by atoms with E-state index in [4.69, 9.17) is 16.9 Å². The number of ketones is 1. The highest BCUT2D eigenvalue weighted by molar-refractivity contribution is 6.43. The van der Waals surface area contributed by atoms with Gasteiger partial charge < -0.3 is 0 Å². The van der Waals surface area contributed by atoms with Crippen molar-refractivity contribution in [1.82, 2.24) is 0 Å². The van der Waals surface area contributed by atoms with Crippen LogP contribution in [0.4, 0.5) is 0 Å². The predicted molar refractivity (Wildman–Crippen MR) is 90.6 cm³/mol. The van der Waals surface area contributed by atoms with E-state index in [1.807, 2.05) is 6.08 Å². The standard InChI is InChI=1S/C20H24ClNO/c1-20-10-8-14-13-5-7-18(23)19(21)16(13)4-3-15(14)17(20)6-2-12(20)9-11-22/h9,13-15,17H,2-8,10H2,1H3/b12-9+/t13-,14-,15-,17+,20-/m1/s1. The number of rotatable bonds is 0. The molecule has 0 heterocycles. The van der Waals surface area contributed by atoms with Crippen LogP contribution in [0.15, 0.2) is 22.3 Å². The second-order valence-corrected chi connectivity index (χ2v) is 8.55. The lowest BCUT2D eigenvalue weighted by Gasteiger charge is -2.53. The average molecular weight is 330 g/mol. The van der Waals surface area contributed by atoms with Crippen molar-refractivity contribution in [3.8, 4) is 6.07 Å². The molecule has 3 saturated carbocycles. The van der Waals surface area contributed by atoms with Crippen LogP contribution in [0.3, 0.4) is 0 Å². The Labute approximate surface area is 143 Å². The first kappa shape index (κ1) is 15.5. The minimum atomic E-state index is 0.164. The van der Waals surface area contributed by atoms with E-state index in [2.05, 4.69) is 13.0 Å². The second kappa shape index (κ2) is 5.49. The van der Waals surface area contributed by atoms with Gasteiger partial charge in [-0.3, -0.25) is 4.79 Å². The number of fused-ring (bicyclic) bond motifs is 5. The molecule has 0 saturated heterocycles. The molecule has 23 heavy (non-hydrogen) atoms. The van der Waals surface area contributed by atoms with Gasteiger partial charge in [-0.05, 0) is 79.6 Å². The van der Waals surface area contributed by atoms with Gasteiger partial charge in [-0.2, -0.15) is 5.26 Å². The van der Waals surface area contributed by atoms with Crippen molar-refractivity contribution < 1.29 is 4.79 Å². The number of carbonyl (C=O) groups is 1. The highest BCUT2D eigenvalue weighted by Gasteiger charge is 2.54. The van der Waals surface area contributed by atoms with Gasteiger partial charge in [0, 0.05) is 12.5 Å². The molecular weight excluding hydrogens is 306 g/mol. The van der Waals surface area contributed by atoms with Gasteiger partial charge in [0.15, 0.2) is 5.78 Å². The van der Waals surface area contributed by atoms with Crippen LogP contribution >= 0.6 is 11.6 Å². The normalized spacial score (nSPS) is 44.6. The fourth-order valence-corrected chi connectivity index (χ4v) is 6.73. The van der Waals surface area contributed by atoms with E-state index in [0.29, 0.717) is 23.3 Å². The smallest absolute Gasteiger partial charge is 0.174 e. The van der Waals surface area contributed by atoms with Crippen molar-refractivity contribution in [2.45, 2.75) is 58.3 Å². The minimum absolute atomic E-state index is 0.164. The fraction of sp³-hybridized carbons (Fsp3) is 0.700. The quantitative estimate of drug-likeness (QED) is 0.577. The molecule has 4 aliphatic carbocycles. The van der Waals surface area contributed by atoms with Crippen molar-refractivity contribution >= 4 is 17.4 Å². The molecule has 3 fully saturated rings. The van der Waals surface area contributed by atoms with Crippen LogP contribution < -0.4 is 0 Å². The number of carbonyl (C=O) groups excluding carboxylic acids is 1. The first-order chi connectivity index (χ1) is 11.1. The molecule has 122 valence electrons. The topological polar surface area (TPSA) is 40.9 Å². The van der Waals surface area contributed by atoms with Crippen molar-refractivity contribution in [1.29, 1.82) is 5.26 Å². The Morgan fingerprint density at radius 3 is 2.78 bits per heavy atom. The molecule has 4 aliphatic rings. The van der Waals surface area contributed by atoms with Crippen LogP contribution in [-0.2, 0) is 4.79 Å². The number of Topliss-reactive ketones (excluding diaryl/α,β-unsaturated/α-hetero) is 1. The summed E-state index contributed by atoms with van der Waals surface area (Å²) in [5, 5.41) is 9.67. The first-order valence-corrected chi connectivity index (χ1v) is 9.45. The van der Waals surface area contributed by atoms with Gasteiger partial charge in [-0.1, -0.05) is 24.1 Å². The summed E-state index contributed by atoms with van der Waals surface area (Å²) in [6.45, 7) is 2.40. The zero-order chi connectivity index (χ0) is 16.2. The number of allylic oxidation sites excluding steroid dienone is 3. The Kier molecular flexibility index (Phi) is 3.69. The monoisotopic (exact) mass is 329 g/mol. The summed E-state index contributed by atoms with van der Waals surface area (Å²) in [5.41, 5.74) is 2.91. The molecule has 0 unspecified atom stereocenters. The van der Waals surface area contributed by atoms with Gasteiger partial charge in [0.1, 0.15) is 0 Å². The molecular formula is C20H24ClNO. The molecule has 0 bridgehead atoms. The lowest BCUT2D eigenvalue weighted by molar-refractivity contribution is -0.116. The number of nitriles is 1. The summed E-state index contributed by atoms with van der Waals surface area (Å²) in [6, 6.07) is 2.27. The summed E-state index contributed by atoms with van der Waals surface area (Å²) in [6.07, 6.45) is 10.4. The average Bonchev–Trinajstić information content (AvgIpc) is 2.88. The molecule has 2 nitrogen and oxygen atoms in total. The number of nitrogens with zero attached hydrogens (tertiary/aromatic N) is 1. The maximum Gasteiger partial charge on any atom is 0.174 e. The van der Waals surface area contributed by atoms with E-state index in [1.54, 1.807) is 0 Å². The van der Waals surface area contributed by atoms with Crippen LogP contribution in [0, 0.1) is 40.4 Å². The van der Waals surface area contributed by atoms with Crippen LogP contribution in [0.5, 0.6) is 0 Å². The van der Waals surface area contributed by atoms with E-state index in [9.17, 15) is 4.79 Å². The summed E-state index contributed by atoms with van der Waals surface area (Å²) < 4.78 is 0. The summed E-state index contributed by atoms with van der Waals surface area (Å²) in [4.78, 5) is 11.9. The van der Waals surface area contributed by atoms with Crippen LogP contribution in [0.2, 0.25) is 0 Å². The Morgan fingerprint density at radius 2 is 2.00 bits per heavy atom. The number of hydrogen-bond donors (Lipinski definition) is 0. The van der Waals surface area contributed by atoms with Crippen LogP contribution in [0.25, 0.3) is 0 Å². The van der Waals surface area contributed by atoms with Crippen molar-refractivity contribution in [3.63, 3.8) is 0 Å². The van der Waals surface area contributed by atoms with E-state index in [0.717, 1.165) is 31.1 Å². The third kappa shape index (κ3) is 2.16. The molecule has 0 spiro atoms. The molecule has 3 heteroatoms. The SMILES string of the molecule is C[C@]12CC[C@H]3[C@@H](CCC4=C(Cl)C(=O)CC[C@@H]43)[C@@H]1CC/C2=C\C#N. The first-order valence-electron chi connectivity index (χ1n) is 9.07. The maximum atomic E-state index is 11.9. The Morgan fingerprint density at radius 1 is 1.17 bits per heavy atom. The molecule has 5 atom stereocenters. The molecule has 0 amide bonds. The lowest BCUT2D eigenvalue weighted by Crippen LogP contribution is -2.45. The number of halogens is 1. The van der Waals surface area contributed by atoms with E-state index in [-0.39, 0.29) is 11.2 Å². The third-order valence-corrected chi connectivity index (χ3v) is 7.95. The summed E-state index contributed by atoms with van der Waals surface area (Å²) in [7, 11) is 0. The second-order valence-electron chi connectivity index (χ2n) is 8.17. The zero-order valence-corrected chi connectivity index (χ0v) is 14.5. The Bertz CT molecular complexity index is 655. The highest BCUT2D eigenvalue weighted by atomic mass is 35.5. The number of hydrogen-bond acceptors (Lipinski definition) is 2. The summed E-state index contributed by atoms with van der Waals surface area (Å²) >= 11 is 6.36. The predicted octanol–water partition coefficient (Wildman–Crippen LogP) is 5.14. The third-order valence-electron chi connectivity index (χ3n) is 7.50. The van der Waals surface area contributed by atoms with E-state index < -0.39 is 0 Å². The molecule has 0 aromatic heterocycles. The highest BCUT2D eigenvalue weighted by Crippen LogP contribution is 2.63. The Hall–Kier alpha value is -1.07. The van der Waals surface area contributed by atoms with Gasteiger partial charge in [0.05, 0.1) is 11.1 Å². The van der Waals surface area contributed by atoms with Gasteiger partial charge in [0.25, 0.3) is 0 Å². The molecule has 4 rings (SSSR count). The van der Waals surface area contributed by atoms with Crippen molar-refractivity contribution in [3.05, 3.63) is 22.3 Å². The molecule has 0 N–H and O–H groups in total. The molecule has 0 aliphatic heterocycles. The minimum Gasteiger partial charge on any atom is -0.293 e. The van der Waals surface area contributed by atoms with Gasteiger partial charge >= 0.3 is 0 Å².